The molecule has 1 aromatic carbocycles. The van der Waals surface area contributed by atoms with Crippen LogP contribution in [0.3, 0.4) is 0 Å². The quantitative estimate of drug-likeness (QED) is 0.375. The number of halogens is 1. The van der Waals surface area contributed by atoms with Crippen LogP contribution in [0.25, 0.3) is 5.57 Å². The van der Waals surface area contributed by atoms with E-state index in [1.54, 1.807) is 17.4 Å². The summed E-state index contributed by atoms with van der Waals surface area (Å²) in [5.74, 6) is -0.237. The zero-order chi connectivity index (χ0) is 29.4. The van der Waals surface area contributed by atoms with Crippen molar-refractivity contribution in [3.63, 3.8) is 0 Å². The molecule has 2 unspecified atom stereocenters. The van der Waals surface area contributed by atoms with E-state index in [0.717, 1.165) is 34.4 Å². The van der Waals surface area contributed by atoms with Gasteiger partial charge in [-0.3, -0.25) is 9.69 Å². The molecule has 0 saturated carbocycles. The Balaban J connectivity index is 2.02. The lowest BCUT2D eigenvalue weighted by Crippen LogP contribution is -2.50. The van der Waals surface area contributed by atoms with Gasteiger partial charge in [0, 0.05) is 51.4 Å². The third kappa shape index (κ3) is 7.96. The van der Waals surface area contributed by atoms with Gasteiger partial charge in [-0.15, -0.1) is 6.58 Å². The number of aryl methyl sites for hydroxylation is 1. The number of carbonyl (C=O) groups excluding carboxylic acids is 2. The lowest BCUT2D eigenvalue weighted by Gasteiger charge is -2.40. The van der Waals surface area contributed by atoms with E-state index in [-0.39, 0.29) is 30.8 Å². The normalized spacial score (nSPS) is 16.1. The SMILES string of the molecule is C=C(C)CC(c1ccc(Cl)cc1/C(=C\C)C(NC(=O)COC)c1cncn1C)N1CCN(C(=O)OC(C)C)CC1. The summed E-state index contributed by atoms with van der Waals surface area (Å²) in [5, 5.41) is 3.72. The molecular formula is C30H42ClN5O4. The van der Waals surface area contributed by atoms with E-state index in [1.165, 1.54) is 7.11 Å². The summed E-state index contributed by atoms with van der Waals surface area (Å²) in [4.78, 5) is 33.7. The molecule has 1 aromatic heterocycles. The second kappa shape index (κ2) is 14.5. The van der Waals surface area contributed by atoms with Gasteiger partial charge in [-0.2, -0.15) is 0 Å². The van der Waals surface area contributed by atoms with Crippen LogP contribution in [0.2, 0.25) is 5.02 Å². The fourth-order valence-electron chi connectivity index (χ4n) is 5.10. The van der Waals surface area contributed by atoms with E-state index >= 15 is 0 Å². The first-order valence-corrected chi connectivity index (χ1v) is 14.0. The molecule has 218 valence electrons. The lowest BCUT2D eigenvalue weighted by molar-refractivity contribution is -0.125. The number of ether oxygens (including phenoxy) is 2. The van der Waals surface area contributed by atoms with E-state index < -0.39 is 6.04 Å². The highest BCUT2D eigenvalue weighted by Crippen LogP contribution is 2.39. The molecule has 2 heterocycles. The fourth-order valence-corrected chi connectivity index (χ4v) is 5.27. The monoisotopic (exact) mass is 571 g/mol. The minimum atomic E-state index is -0.481. The van der Waals surface area contributed by atoms with E-state index in [0.29, 0.717) is 31.2 Å². The minimum absolute atomic E-state index is 0.00940. The number of carbonyl (C=O) groups is 2. The Morgan fingerprint density at radius 1 is 1.23 bits per heavy atom. The van der Waals surface area contributed by atoms with Crippen molar-refractivity contribution in [1.29, 1.82) is 0 Å². The highest BCUT2D eigenvalue weighted by Gasteiger charge is 2.32. The molecule has 1 fully saturated rings. The van der Waals surface area contributed by atoms with Crippen molar-refractivity contribution in [3.8, 4) is 0 Å². The van der Waals surface area contributed by atoms with Crippen LogP contribution in [0.15, 0.2) is 49.0 Å². The number of nitrogens with zero attached hydrogens (tertiary/aromatic N) is 4. The minimum Gasteiger partial charge on any atom is -0.447 e. The third-order valence-corrected chi connectivity index (χ3v) is 7.16. The molecule has 0 spiro atoms. The molecule has 1 aliphatic rings. The van der Waals surface area contributed by atoms with Crippen LogP contribution in [-0.2, 0) is 21.3 Å². The van der Waals surface area contributed by atoms with Crippen LogP contribution in [0.4, 0.5) is 4.79 Å². The summed E-state index contributed by atoms with van der Waals surface area (Å²) in [5.41, 5.74) is 4.79. The molecule has 10 heteroatoms. The number of allylic oxidation sites excluding steroid dienone is 1. The van der Waals surface area contributed by atoms with Crippen molar-refractivity contribution >= 4 is 29.2 Å². The number of methoxy groups -OCH3 is 1. The summed E-state index contributed by atoms with van der Waals surface area (Å²) >= 11 is 6.58. The molecule has 0 bridgehead atoms. The standard InChI is InChI=1S/C30H42ClN5O4/c1-8-23(29(33-28(37)18-39-7)27-17-32-19-34(27)6)25-16-22(31)9-10-24(25)26(15-20(2)3)35-11-13-36(14-12-35)30(38)40-21(4)5/h8-10,16-17,19,21,26,29H,2,11-15,18H2,1,3-7H3,(H,33,37)/b23-8+. The highest BCUT2D eigenvalue weighted by molar-refractivity contribution is 6.30. The molecule has 1 aliphatic heterocycles. The highest BCUT2D eigenvalue weighted by atomic mass is 35.5. The van der Waals surface area contributed by atoms with Gasteiger partial charge in [0.1, 0.15) is 6.61 Å². The largest absolute Gasteiger partial charge is 0.447 e. The third-order valence-electron chi connectivity index (χ3n) is 6.93. The van der Waals surface area contributed by atoms with Gasteiger partial charge in [0.15, 0.2) is 0 Å². The number of amides is 2. The van der Waals surface area contributed by atoms with Crippen molar-refractivity contribution in [3.05, 3.63) is 70.8 Å². The van der Waals surface area contributed by atoms with Crippen LogP contribution in [0.5, 0.6) is 0 Å². The van der Waals surface area contributed by atoms with E-state index in [4.69, 9.17) is 21.1 Å². The van der Waals surface area contributed by atoms with Gasteiger partial charge < -0.3 is 24.3 Å². The van der Waals surface area contributed by atoms with E-state index in [1.807, 2.05) is 57.5 Å². The molecule has 2 aromatic rings. The molecule has 0 aliphatic carbocycles. The number of nitrogens with one attached hydrogen (secondary N) is 1. The van der Waals surface area contributed by atoms with Gasteiger partial charge >= 0.3 is 6.09 Å². The smallest absolute Gasteiger partial charge is 0.410 e. The first kappa shape index (κ1) is 31.4. The maximum Gasteiger partial charge on any atom is 0.410 e. The Kier molecular flexibility index (Phi) is 11.4. The van der Waals surface area contributed by atoms with Crippen LogP contribution < -0.4 is 5.32 Å². The van der Waals surface area contributed by atoms with Gasteiger partial charge in [-0.1, -0.05) is 29.3 Å². The first-order chi connectivity index (χ1) is 19.0. The Bertz CT molecular complexity index is 1220. The number of hydrogen-bond donors (Lipinski definition) is 1. The summed E-state index contributed by atoms with van der Waals surface area (Å²) in [6.07, 6.45) is 5.78. The van der Waals surface area contributed by atoms with Crippen molar-refractivity contribution < 1.29 is 19.1 Å². The number of hydrogen-bond acceptors (Lipinski definition) is 6. The summed E-state index contributed by atoms with van der Waals surface area (Å²) in [6, 6.07) is 5.43. The van der Waals surface area contributed by atoms with Gasteiger partial charge in [-0.05, 0) is 62.9 Å². The first-order valence-electron chi connectivity index (χ1n) is 13.6. The van der Waals surface area contributed by atoms with Crippen molar-refractivity contribution in [2.24, 2.45) is 7.05 Å². The maximum absolute atomic E-state index is 12.8. The maximum atomic E-state index is 12.8. The zero-order valence-corrected chi connectivity index (χ0v) is 25.2. The van der Waals surface area contributed by atoms with Crippen molar-refractivity contribution in [2.45, 2.75) is 52.3 Å². The average Bonchev–Trinajstić information content (AvgIpc) is 3.32. The molecule has 2 atom stereocenters. The Labute approximate surface area is 242 Å². The second-order valence-electron chi connectivity index (χ2n) is 10.5. The van der Waals surface area contributed by atoms with E-state index in [2.05, 4.69) is 27.8 Å². The number of piperazine rings is 1. The average molecular weight is 572 g/mol. The lowest BCUT2D eigenvalue weighted by atomic mass is 9.86. The Morgan fingerprint density at radius 3 is 2.48 bits per heavy atom. The van der Waals surface area contributed by atoms with Gasteiger partial charge in [-0.25, -0.2) is 9.78 Å². The van der Waals surface area contributed by atoms with Crippen LogP contribution in [0, 0.1) is 0 Å². The van der Waals surface area contributed by atoms with Crippen LogP contribution in [0.1, 0.15) is 63.0 Å². The number of benzene rings is 1. The van der Waals surface area contributed by atoms with Crippen molar-refractivity contribution in [2.75, 3.05) is 39.9 Å². The zero-order valence-electron chi connectivity index (χ0n) is 24.4. The van der Waals surface area contributed by atoms with Crippen LogP contribution >= 0.6 is 11.6 Å². The Hall–Kier alpha value is -3.14. The summed E-state index contributed by atoms with van der Waals surface area (Å²) < 4.78 is 12.4. The summed E-state index contributed by atoms with van der Waals surface area (Å²) in [7, 11) is 3.40. The second-order valence-corrected chi connectivity index (χ2v) is 10.9. The number of imidazole rings is 1. The topological polar surface area (TPSA) is 88.9 Å². The summed E-state index contributed by atoms with van der Waals surface area (Å²) in [6.45, 7) is 14.4. The molecule has 3 rings (SSSR count). The molecule has 1 N–H and O–H groups in total. The molecule has 1 saturated heterocycles. The predicted molar refractivity (Wildman–Crippen MR) is 158 cm³/mol. The van der Waals surface area contributed by atoms with Gasteiger partial charge in [0.05, 0.1) is 30.4 Å². The predicted octanol–water partition coefficient (Wildman–Crippen LogP) is 5.15. The van der Waals surface area contributed by atoms with E-state index in [9.17, 15) is 9.59 Å². The molecule has 0 radical (unpaired) electrons. The fraction of sp³-hybridized carbons (Fsp3) is 0.500. The number of aromatic nitrogens is 2. The van der Waals surface area contributed by atoms with Crippen molar-refractivity contribution in [1.82, 2.24) is 24.7 Å². The number of rotatable bonds is 11. The van der Waals surface area contributed by atoms with Gasteiger partial charge in [0.25, 0.3) is 0 Å². The molecule has 9 nitrogen and oxygen atoms in total. The van der Waals surface area contributed by atoms with Gasteiger partial charge in [0.2, 0.25) is 5.91 Å². The Morgan fingerprint density at radius 2 is 1.93 bits per heavy atom. The molecular weight excluding hydrogens is 530 g/mol. The molecule has 2 amide bonds. The van der Waals surface area contributed by atoms with Crippen LogP contribution in [-0.4, -0.2) is 77.4 Å². The molecule has 40 heavy (non-hydrogen) atoms.